The van der Waals surface area contributed by atoms with E-state index < -0.39 is 0 Å². The van der Waals surface area contributed by atoms with E-state index in [1.54, 1.807) is 0 Å². The number of carbonyl (C=O) groups is 2. The van der Waals surface area contributed by atoms with Crippen molar-refractivity contribution in [2.75, 3.05) is 13.1 Å². The second kappa shape index (κ2) is 10.2. The Labute approximate surface area is 151 Å². The number of nitrogens with zero attached hydrogens (tertiary/aromatic N) is 1. The van der Waals surface area contributed by atoms with E-state index in [2.05, 4.69) is 42.7 Å². The van der Waals surface area contributed by atoms with Crippen molar-refractivity contribution in [1.29, 1.82) is 0 Å². The fourth-order valence-electron chi connectivity index (χ4n) is 3.21. The van der Waals surface area contributed by atoms with Gasteiger partial charge in [0.25, 0.3) is 0 Å². The molecular formula is C20H31N3O2. The number of amides is 2. The topological polar surface area (TPSA) is 61.4 Å². The van der Waals surface area contributed by atoms with Gasteiger partial charge in [0.2, 0.25) is 11.8 Å². The molecule has 5 heteroatoms. The van der Waals surface area contributed by atoms with Crippen molar-refractivity contribution in [2.24, 2.45) is 0 Å². The molecule has 1 aliphatic heterocycles. The maximum Gasteiger partial charge on any atom is 0.222 e. The van der Waals surface area contributed by atoms with E-state index in [1.807, 2.05) is 4.90 Å². The Kier molecular flexibility index (Phi) is 7.92. The normalized spacial score (nSPS) is 12.7. The van der Waals surface area contributed by atoms with E-state index in [1.165, 1.54) is 11.1 Å². The fraction of sp³-hybridized carbons (Fsp3) is 0.600. The van der Waals surface area contributed by atoms with Gasteiger partial charge in [0, 0.05) is 45.6 Å². The predicted molar refractivity (Wildman–Crippen MR) is 99.8 cm³/mol. The van der Waals surface area contributed by atoms with Gasteiger partial charge in [-0.05, 0) is 36.0 Å². The number of rotatable bonds is 10. The summed E-state index contributed by atoms with van der Waals surface area (Å²) in [5.41, 5.74) is 3.80. The van der Waals surface area contributed by atoms with Crippen LogP contribution in [0.4, 0.5) is 0 Å². The Morgan fingerprint density at radius 1 is 1.08 bits per heavy atom. The van der Waals surface area contributed by atoms with Gasteiger partial charge in [0.1, 0.15) is 0 Å². The molecule has 1 aromatic rings. The van der Waals surface area contributed by atoms with Crippen LogP contribution >= 0.6 is 0 Å². The average Bonchev–Trinajstić information content (AvgIpc) is 3.07. The van der Waals surface area contributed by atoms with E-state index in [0.29, 0.717) is 25.8 Å². The smallest absolute Gasteiger partial charge is 0.222 e. The maximum atomic E-state index is 12.2. The Morgan fingerprint density at radius 3 is 2.52 bits per heavy atom. The van der Waals surface area contributed by atoms with Crippen LogP contribution in [0, 0.1) is 0 Å². The molecule has 0 bridgehead atoms. The van der Waals surface area contributed by atoms with E-state index >= 15 is 0 Å². The number of hydrogen-bond acceptors (Lipinski definition) is 3. The fourth-order valence-corrected chi connectivity index (χ4v) is 3.21. The highest BCUT2D eigenvalue weighted by Gasteiger charge is 2.13. The lowest BCUT2D eigenvalue weighted by Crippen LogP contribution is -2.32. The molecule has 2 rings (SSSR count). The number of nitrogens with one attached hydrogen (secondary N) is 2. The number of carbonyl (C=O) groups excluding carboxylic acids is 2. The minimum Gasteiger partial charge on any atom is -0.352 e. The van der Waals surface area contributed by atoms with Gasteiger partial charge in [0.15, 0.2) is 0 Å². The molecule has 0 fully saturated rings. The molecule has 0 unspecified atom stereocenters. The Balaban J connectivity index is 1.67. The SMILES string of the molecule is CCCN(CCC)C(=O)CCCC(=O)NCc1ccc2c(c1)CNC2. The maximum absolute atomic E-state index is 12.2. The summed E-state index contributed by atoms with van der Waals surface area (Å²) in [6.07, 6.45) is 3.43. The first-order valence-corrected chi connectivity index (χ1v) is 9.49. The second-order valence-electron chi connectivity index (χ2n) is 6.72. The zero-order valence-electron chi connectivity index (χ0n) is 15.6. The van der Waals surface area contributed by atoms with Crippen LogP contribution in [-0.4, -0.2) is 29.8 Å². The highest BCUT2D eigenvalue weighted by atomic mass is 16.2. The minimum atomic E-state index is 0.0176. The Hall–Kier alpha value is -1.88. The molecule has 0 saturated heterocycles. The molecule has 1 aliphatic rings. The Bertz CT molecular complexity index is 580. The lowest BCUT2D eigenvalue weighted by Gasteiger charge is -2.21. The zero-order chi connectivity index (χ0) is 18.1. The van der Waals surface area contributed by atoms with E-state index in [-0.39, 0.29) is 11.8 Å². The highest BCUT2D eigenvalue weighted by molar-refractivity contribution is 5.79. The molecule has 5 nitrogen and oxygen atoms in total. The minimum absolute atomic E-state index is 0.0176. The molecule has 0 spiro atoms. The quantitative estimate of drug-likeness (QED) is 0.685. The van der Waals surface area contributed by atoms with Crippen molar-refractivity contribution in [3.05, 3.63) is 34.9 Å². The lowest BCUT2D eigenvalue weighted by molar-refractivity contribution is -0.131. The molecule has 25 heavy (non-hydrogen) atoms. The van der Waals surface area contributed by atoms with Gasteiger partial charge in [-0.15, -0.1) is 0 Å². The van der Waals surface area contributed by atoms with Crippen molar-refractivity contribution >= 4 is 11.8 Å². The third-order valence-corrected chi connectivity index (χ3v) is 4.53. The summed E-state index contributed by atoms with van der Waals surface area (Å²) in [6.45, 7) is 8.18. The van der Waals surface area contributed by atoms with Crippen LogP contribution in [0.2, 0.25) is 0 Å². The van der Waals surface area contributed by atoms with Gasteiger partial charge < -0.3 is 15.5 Å². The summed E-state index contributed by atoms with van der Waals surface area (Å²) < 4.78 is 0. The first-order valence-electron chi connectivity index (χ1n) is 9.49. The predicted octanol–water partition coefficient (Wildman–Crippen LogP) is 2.72. The Morgan fingerprint density at radius 2 is 1.80 bits per heavy atom. The monoisotopic (exact) mass is 345 g/mol. The summed E-state index contributed by atoms with van der Waals surface area (Å²) in [4.78, 5) is 26.1. The van der Waals surface area contributed by atoms with Crippen LogP contribution in [0.3, 0.4) is 0 Å². The lowest BCUT2D eigenvalue weighted by atomic mass is 10.1. The number of benzene rings is 1. The largest absolute Gasteiger partial charge is 0.352 e. The number of hydrogen-bond donors (Lipinski definition) is 2. The molecule has 1 heterocycles. The third kappa shape index (κ3) is 6.16. The first kappa shape index (κ1) is 19.4. The third-order valence-electron chi connectivity index (χ3n) is 4.53. The van der Waals surface area contributed by atoms with E-state index in [4.69, 9.17) is 0 Å². The van der Waals surface area contributed by atoms with Crippen molar-refractivity contribution in [3.8, 4) is 0 Å². The van der Waals surface area contributed by atoms with Gasteiger partial charge in [-0.2, -0.15) is 0 Å². The van der Waals surface area contributed by atoms with E-state index in [9.17, 15) is 9.59 Å². The van der Waals surface area contributed by atoms with Gasteiger partial charge in [-0.25, -0.2) is 0 Å². The molecule has 0 atom stereocenters. The van der Waals surface area contributed by atoms with Crippen molar-refractivity contribution in [3.63, 3.8) is 0 Å². The molecular weight excluding hydrogens is 314 g/mol. The number of fused-ring (bicyclic) bond motifs is 1. The van der Waals surface area contributed by atoms with Crippen LogP contribution in [0.25, 0.3) is 0 Å². The average molecular weight is 345 g/mol. The summed E-state index contributed by atoms with van der Waals surface area (Å²) in [5, 5.41) is 6.28. The van der Waals surface area contributed by atoms with Crippen molar-refractivity contribution < 1.29 is 9.59 Å². The standard InChI is InChI=1S/C20H31N3O2/c1-3-10-23(11-4-2)20(25)7-5-6-19(24)22-13-16-8-9-17-14-21-15-18(17)12-16/h8-9,12,21H,3-7,10-11,13-15H2,1-2H3,(H,22,24). The van der Waals surface area contributed by atoms with Crippen molar-refractivity contribution in [2.45, 2.75) is 65.6 Å². The van der Waals surface area contributed by atoms with E-state index in [0.717, 1.165) is 44.6 Å². The van der Waals surface area contributed by atoms with Crippen molar-refractivity contribution in [1.82, 2.24) is 15.5 Å². The summed E-state index contributed by atoms with van der Waals surface area (Å²) in [6, 6.07) is 6.36. The molecule has 2 N–H and O–H groups in total. The molecule has 2 amide bonds. The molecule has 0 radical (unpaired) electrons. The van der Waals surface area contributed by atoms with Crippen LogP contribution in [0.1, 0.15) is 62.6 Å². The van der Waals surface area contributed by atoms with Crippen LogP contribution in [-0.2, 0) is 29.2 Å². The second-order valence-corrected chi connectivity index (χ2v) is 6.72. The molecule has 1 aromatic carbocycles. The summed E-state index contributed by atoms with van der Waals surface area (Å²) in [5.74, 6) is 0.187. The summed E-state index contributed by atoms with van der Waals surface area (Å²) in [7, 11) is 0. The van der Waals surface area contributed by atoms with Gasteiger partial charge in [-0.3, -0.25) is 9.59 Å². The zero-order valence-corrected chi connectivity index (χ0v) is 15.6. The van der Waals surface area contributed by atoms with Crippen LogP contribution in [0.5, 0.6) is 0 Å². The molecule has 0 aromatic heterocycles. The molecule has 0 saturated carbocycles. The van der Waals surface area contributed by atoms with Gasteiger partial charge >= 0.3 is 0 Å². The van der Waals surface area contributed by atoms with Crippen LogP contribution in [0.15, 0.2) is 18.2 Å². The highest BCUT2D eigenvalue weighted by Crippen LogP contribution is 2.17. The van der Waals surface area contributed by atoms with Crippen LogP contribution < -0.4 is 10.6 Å². The van der Waals surface area contributed by atoms with Gasteiger partial charge in [-0.1, -0.05) is 32.0 Å². The molecule has 138 valence electrons. The summed E-state index contributed by atoms with van der Waals surface area (Å²) >= 11 is 0. The molecule has 0 aliphatic carbocycles. The first-order chi connectivity index (χ1) is 12.1. The van der Waals surface area contributed by atoms with Gasteiger partial charge in [0.05, 0.1) is 0 Å².